The molecule has 0 aromatic heterocycles. The van der Waals surface area contributed by atoms with Crippen molar-refractivity contribution in [1.29, 1.82) is 0 Å². The number of hydrogen-bond donors (Lipinski definition) is 1. The topological polar surface area (TPSA) is 12.0 Å². The maximum absolute atomic E-state index is 14.1. The summed E-state index contributed by atoms with van der Waals surface area (Å²) in [7, 11) is 0. The van der Waals surface area contributed by atoms with E-state index in [4.69, 9.17) is 0 Å². The van der Waals surface area contributed by atoms with E-state index < -0.39 is 0 Å². The fourth-order valence-corrected chi connectivity index (χ4v) is 2.42. The molecule has 0 aliphatic rings. The summed E-state index contributed by atoms with van der Waals surface area (Å²) in [6.07, 6.45) is 0.961. The smallest absolute Gasteiger partial charge is 0.131 e. The molecule has 0 aliphatic heterocycles. The highest BCUT2D eigenvalue weighted by atomic mass is 19.1. The third kappa shape index (κ3) is 3.26. The van der Waals surface area contributed by atoms with E-state index in [1.807, 2.05) is 24.3 Å². The average Bonchev–Trinajstić information content (AvgIpc) is 2.48. The first-order valence-corrected chi connectivity index (χ1v) is 7.27. The van der Waals surface area contributed by atoms with Crippen molar-refractivity contribution in [3.05, 3.63) is 59.4 Å². The summed E-state index contributed by atoms with van der Waals surface area (Å²) in [4.78, 5) is 0. The predicted octanol–water partition coefficient (Wildman–Crippen LogP) is 4.73. The molecule has 1 N–H and O–H groups in total. The van der Waals surface area contributed by atoms with Gasteiger partial charge in [0.05, 0.1) is 0 Å². The molecule has 0 heterocycles. The van der Waals surface area contributed by atoms with Crippen LogP contribution in [-0.2, 0) is 6.42 Å². The zero-order valence-corrected chi connectivity index (χ0v) is 12.4. The van der Waals surface area contributed by atoms with Crippen LogP contribution in [-0.4, -0.2) is 6.54 Å². The van der Waals surface area contributed by atoms with Crippen molar-refractivity contribution >= 4 is 0 Å². The van der Waals surface area contributed by atoms with Crippen LogP contribution in [0.15, 0.2) is 42.5 Å². The lowest BCUT2D eigenvalue weighted by Crippen LogP contribution is -2.17. The minimum atomic E-state index is -0.161. The van der Waals surface area contributed by atoms with Crippen LogP contribution in [0.4, 0.5) is 4.39 Å². The first kappa shape index (κ1) is 14.7. The van der Waals surface area contributed by atoms with Gasteiger partial charge in [0.15, 0.2) is 0 Å². The Morgan fingerprint density at radius 2 is 1.90 bits per heavy atom. The van der Waals surface area contributed by atoms with Crippen molar-refractivity contribution in [2.75, 3.05) is 6.54 Å². The molecule has 2 heteroatoms. The minimum absolute atomic E-state index is 0.161. The SMILES string of the molecule is CCNC(C)c1ccc(F)c(-c2cccc(CC)c2)c1. The van der Waals surface area contributed by atoms with Gasteiger partial charge in [-0.2, -0.15) is 0 Å². The van der Waals surface area contributed by atoms with Crippen LogP contribution >= 0.6 is 0 Å². The van der Waals surface area contributed by atoms with Gasteiger partial charge in [0.1, 0.15) is 5.82 Å². The zero-order chi connectivity index (χ0) is 14.5. The maximum atomic E-state index is 14.1. The standard InChI is InChI=1S/C18H22FN/c1-4-14-7-6-8-16(11-14)17-12-15(9-10-18(17)19)13(3)20-5-2/h6-13,20H,4-5H2,1-3H3. The van der Waals surface area contributed by atoms with Gasteiger partial charge >= 0.3 is 0 Å². The lowest BCUT2D eigenvalue weighted by atomic mass is 9.97. The van der Waals surface area contributed by atoms with Gasteiger partial charge in [-0.3, -0.25) is 0 Å². The van der Waals surface area contributed by atoms with Gasteiger partial charge in [0.25, 0.3) is 0 Å². The van der Waals surface area contributed by atoms with Crippen LogP contribution < -0.4 is 5.32 Å². The van der Waals surface area contributed by atoms with E-state index in [0.717, 1.165) is 24.1 Å². The molecule has 0 saturated carbocycles. The highest BCUT2D eigenvalue weighted by molar-refractivity contribution is 5.66. The molecule has 20 heavy (non-hydrogen) atoms. The Balaban J connectivity index is 2.41. The highest BCUT2D eigenvalue weighted by Gasteiger charge is 2.10. The maximum Gasteiger partial charge on any atom is 0.131 e. The van der Waals surface area contributed by atoms with Crippen molar-refractivity contribution in [3.8, 4) is 11.1 Å². The van der Waals surface area contributed by atoms with Crippen LogP contribution in [0.1, 0.15) is 37.9 Å². The van der Waals surface area contributed by atoms with Crippen LogP contribution in [0, 0.1) is 5.82 Å². The zero-order valence-electron chi connectivity index (χ0n) is 12.4. The molecular weight excluding hydrogens is 249 g/mol. The van der Waals surface area contributed by atoms with Crippen molar-refractivity contribution in [3.63, 3.8) is 0 Å². The van der Waals surface area contributed by atoms with Gasteiger partial charge in [-0.05, 0) is 48.7 Å². The first-order valence-electron chi connectivity index (χ1n) is 7.27. The van der Waals surface area contributed by atoms with Crippen molar-refractivity contribution in [2.45, 2.75) is 33.2 Å². The second-order valence-electron chi connectivity index (χ2n) is 5.07. The highest BCUT2D eigenvalue weighted by Crippen LogP contribution is 2.27. The van der Waals surface area contributed by atoms with E-state index in [1.54, 1.807) is 6.07 Å². The number of hydrogen-bond acceptors (Lipinski definition) is 1. The van der Waals surface area contributed by atoms with Gasteiger partial charge in [0, 0.05) is 11.6 Å². The first-order chi connectivity index (χ1) is 9.65. The quantitative estimate of drug-likeness (QED) is 0.829. The number of benzene rings is 2. The molecule has 0 amide bonds. The second kappa shape index (κ2) is 6.67. The Morgan fingerprint density at radius 1 is 1.10 bits per heavy atom. The van der Waals surface area contributed by atoms with Crippen molar-refractivity contribution in [1.82, 2.24) is 5.32 Å². The Morgan fingerprint density at radius 3 is 2.60 bits per heavy atom. The number of aryl methyl sites for hydroxylation is 1. The predicted molar refractivity (Wildman–Crippen MR) is 83.3 cm³/mol. The Bertz CT molecular complexity index is 577. The fourth-order valence-electron chi connectivity index (χ4n) is 2.42. The van der Waals surface area contributed by atoms with Gasteiger partial charge < -0.3 is 5.32 Å². The van der Waals surface area contributed by atoms with E-state index in [9.17, 15) is 4.39 Å². The molecule has 1 nitrogen and oxygen atoms in total. The molecule has 0 bridgehead atoms. The molecule has 106 valence electrons. The fraction of sp³-hybridized carbons (Fsp3) is 0.333. The lowest BCUT2D eigenvalue weighted by Gasteiger charge is -2.15. The van der Waals surface area contributed by atoms with E-state index in [0.29, 0.717) is 5.56 Å². The summed E-state index contributed by atoms with van der Waals surface area (Å²) in [5, 5.41) is 3.36. The normalized spacial score (nSPS) is 12.4. The number of rotatable bonds is 5. The summed E-state index contributed by atoms with van der Waals surface area (Å²) in [6.45, 7) is 7.19. The van der Waals surface area contributed by atoms with Crippen molar-refractivity contribution < 1.29 is 4.39 Å². The molecular formula is C18H22FN. The third-order valence-electron chi connectivity index (χ3n) is 3.65. The summed E-state index contributed by atoms with van der Waals surface area (Å²) < 4.78 is 14.1. The molecule has 2 aromatic rings. The molecule has 0 radical (unpaired) electrons. The summed E-state index contributed by atoms with van der Waals surface area (Å²) in [5.41, 5.74) is 3.98. The van der Waals surface area contributed by atoms with E-state index >= 15 is 0 Å². The molecule has 1 unspecified atom stereocenters. The van der Waals surface area contributed by atoms with Gasteiger partial charge in [-0.25, -0.2) is 4.39 Å². The molecule has 0 saturated heterocycles. The summed E-state index contributed by atoms with van der Waals surface area (Å²) in [5.74, 6) is -0.161. The van der Waals surface area contributed by atoms with E-state index in [1.165, 1.54) is 5.56 Å². The molecule has 2 rings (SSSR count). The Kier molecular flexibility index (Phi) is 4.91. The van der Waals surface area contributed by atoms with Gasteiger partial charge in [-0.15, -0.1) is 0 Å². The lowest BCUT2D eigenvalue weighted by molar-refractivity contribution is 0.593. The Labute approximate surface area is 120 Å². The molecule has 2 aromatic carbocycles. The van der Waals surface area contributed by atoms with E-state index in [-0.39, 0.29) is 11.9 Å². The van der Waals surface area contributed by atoms with Crippen LogP contribution in [0.5, 0.6) is 0 Å². The van der Waals surface area contributed by atoms with Gasteiger partial charge in [-0.1, -0.05) is 44.2 Å². The molecule has 0 fully saturated rings. The minimum Gasteiger partial charge on any atom is -0.310 e. The van der Waals surface area contributed by atoms with Crippen LogP contribution in [0.25, 0.3) is 11.1 Å². The third-order valence-corrected chi connectivity index (χ3v) is 3.65. The van der Waals surface area contributed by atoms with E-state index in [2.05, 4.69) is 38.2 Å². The summed E-state index contributed by atoms with van der Waals surface area (Å²) in [6, 6.07) is 13.7. The van der Waals surface area contributed by atoms with Crippen LogP contribution in [0.3, 0.4) is 0 Å². The largest absolute Gasteiger partial charge is 0.310 e. The second-order valence-corrected chi connectivity index (χ2v) is 5.07. The average molecular weight is 271 g/mol. The number of nitrogens with one attached hydrogen (secondary N) is 1. The van der Waals surface area contributed by atoms with Crippen LogP contribution in [0.2, 0.25) is 0 Å². The molecule has 0 spiro atoms. The summed E-state index contributed by atoms with van der Waals surface area (Å²) >= 11 is 0. The Hall–Kier alpha value is -1.67. The van der Waals surface area contributed by atoms with Crippen molar-refractivity contribution in [2.24, 2.45) is 0 Å². The monoisotopic (exact) mass is 271 g/mol. The molecule has 0 aliphatic carbocycles. The number of halogens is 1. The molecule has 1 atom stereocenters. The van der Waals surface area contributed by atoms with Gasteiger partial charge in [0.2, 0.25) is 0 Å².